The van der Waals surface area contributed by atoms with E-state index in [1.54, 1.807) is 0 Å². The highest BCUT2D eigenvalue weighted by Crippen LogP contribution is 2.46. The average molecular weight is 366 g/mol. The van der Waals surface area contributed by atoms with Gasteiger partial charge in [-0.2, -0.15) is 0 Å². The average Bonchev–Trinajstić information content (AvgIpc) is 3.05. The molecule has 5 rings (SSSR count). The molecule has 0 N–H and O–H groups in total. The van der Waals surface area contributed by atoms with Crippen molar-refractivity contribution < 1.29 is 0 Å². The van der Waals surface area contributed by atoms with Gasteiger partial charge < -0.3 is 4.57 Å². The maximum absolute atomic E-state index is 6.35. The van der Waals surface area contributed by atoms with E-state index in [-0.39, 0.29) is 0 Å². The molecule has 0 aliphatic carbocycles. The third kappa shape index (κ3) is 2.49. The van der Waals surface area contributed by atoms with Gasteiger partial charge in [0.15, 0.2) is 0 Å². The van der Waals surface area contributed by atoms with Crippen molar-refractivity contribution in [2.45, 2.75) is 51.2 Å². The van der Waals surface area contributed by atoms with Crippen molar-refractivity contribution in [1.29, 1.82) is 0 Å². The van der Waals surface area contributed by atoms with Crippen LogP contribution in [0.25, 0.3) is 10.9 Å². The lowest BCUT2D eigenvalue weighted by molar-refractivity contribution is 0.217. The van der Waals surface area contributed by atoms with Gasteiger partial charge in [-0.3, -0.25) is 9.88 Å². The van der Waals surface area contributed by atoms with Gasteiger partial charge >= 0.3 is 0 Å². The lowest BCUT2D eigenvalue weighted by atomic mass is 9.98. The zero-order valence-electron chi connectivity index (χ0n) is 15.4. The number of likely N-dealkylation sites (N-methyl/N-ethyl adjacent to an activating group) is 1. The molecule has 3 nitrogen and oxygen atoms in total. The first-order valence-corrected chi connectivity index (χ1v) is 9.93. The Morgan fingerprint density at radius 3 is 2.88 bits per heavy atom. The Labute approximate surface area is 159 Å². The molecule has 0 radical (unpaired) electrons. The normalized spacial score (nSPS) is 22.1. The van der Waals surface area contributed by atoms with Gasteiger partial charge in [-0.15, -0.1) is 0 Å². The van der Waals surface area contributed by atoms with Crippen LogP contribution in [0.1, 0.15) is 41.4 Å². The van der Waals surface area contributed by atoms with Crippen molar-refractivity contribution in [3.05, 3.63) is 64.1 Å². The summed E-state index contributed by atoms with van der Waals surface area (Å²) in [5, 5.41) is 2.20. The van der Waals surface area contributed by atoms with Crippen LogP contribution in [0.15, 0.2) is 36.5 Å². The summed E-state index contributed by atoms with van der Waals surface area (Å²) in [6.45, 7) is 3.03. The second-order valence-electron chi connectivity index (χ2n) is 7.85. The van der Waals surface area contributed by atoms with Crippen LogP contribution in [0.2, 0.25) is 5.02 Å². The molecule has 26 heavy (non-hydrogen) atoms. The van der Waals surface area contributed by atoms with Crippen LogP contribution < -0.4 is 0 Å². The van der Waals surface area contributed by atoms with E-state index in [0.717, 1.165) is 30.1 Å². The Bertz CT molecular complexity index is 973. The maximum Gasteiger partial charge on any atom is 0.0504 e. The zero-order chi connectivity index (χ0) is 17.8. The molecule has 2 aromatic heterocycles. The summed E-state index contributed by atoms with van der Waals surface area (Å²) in [5.74, 6) is 0. The van der Waals surface area contributed by atoms with E-state index in [1.807, 2.05) is 19.2 Å². The highest BCUT2D eigenvalue weighted by molar-refractivity contribution is 6.31. The monoisotopic (exact) mass is 365 g/mol. The van der Waals surface area contributed by atoms with E-state index < -0.39 is 0 Å². The lowest BCUT2D eigenvalue weighted by Gasteiger charge is -2.32. The Balaban J connectivity index is 1.60. The van der Waals surface area contributed by atoms with Crippen molar-refractivity contribution in [3.63, 3.8) is 0 Å². The van der Waals surface area contributed by atoms with Gasteiger partial charge in [-0.05, 0) is 75.0 Å². The first-order valence-electron chi connectivity index (χ1n) is 9.56. The number of aryl methyl sites for hydroxylation is 3. The van der Waals surface area contributed by atoms with Gasteiger partial charge in [0.2, 0.25) is 0 Å². The summed E-state index contributed by atoms with van der Waals surface area (Å²) in [5.41, 5.74) is 6.77. The zero-order valence-corrected chi connectivity index (χ0v) is 16.1. The smallest absolute Gasteiger partial charge is 0.0504 e. The van der Waals surface area contributed by atoms with Crippen LogP contribution in [-0.2, 0) is 19.4 Å². The number of nitrogens with zero attached hydrogens (tertiary/aromatic N) is 3. The Kier molecular flexibility index (Phi) is 3.84. The third-order valence-corrected chi connectivity index (χ3v) is 6.60. The van der Waals surface area contributed by atoms with Crippen molar-refractivity contribution in [1.82, 2.24) is 14.5 Å². The van der Waals surface area contributed by atoms with Crippen molar-refractivity contribution in [2.24, 2.45) is 0 Å². The Morgan fingerprint density at radius 2 is 2.08 bits per heavy atom. The van der Waals surface area contributed by atoms with Crippen molar-refractivity contribution in [2.75, 3.05) is 7.05 Å². The van der Waals surface area contributed by atoms with Crippen LogP contribution in [0, 0.1) is 6.92 Å². The minimum atomic E-state index is 0.547. The summed E-state index contributed by atoms with van der Waals surface area (Å²) in [6.07, 6.45) is 6.75. The van der Waals surface area contributed by atoms with E-state index in [0.29, 0.717) is 12.1 Å². The van der Waals surface area contributed by atoms with Gasteiger partial charge in [0.25, 0.3) is 0 Å². The number of hydrogen-bond donors (Lipinski definition) is 0. The molecule has 0 spiro atoms. The number of rotatable bonds is 3. The molecule has 0 amide bonds. The molecular formula is C22H24ClN3. The number of benzene rings is 1. The summed E-state index contributed by atoms with van der Waals surface area (Å²) >= 11 is 6.35. The van der Waals surface area contributed by atoms with E-state index in [2.05, 4.69) is 45.8 Å². The summed E-state index contributed by atoms with van der Waals surface area (Å²) < 4.78 is 2.56. The van der Waals surface area contributed by atoms with Crippen LogP contribution in [0.3, 0.4) is 0 Å². The van der Waals surface area contributed by atoms with Gasteiger partial charge in [0.1, 0.15) is 0 Å². The molecule has 1 fully saturated rings. The molecule has 2 aliphatic rings. The number of halogens is 1. The van der Waals surface area contributed by atoms with Crippen molar-refractivity contribution in [3.8, 4) is 0 Å². The van der Waals surface area contributed by atoms with Crippen LogP contribution >= 0.6 is 11.6 Å². The van der Waals surface area contributed by atoms with E-state index in [4.69, 9.17) is 11.6 Å². The molecule has 134 valence electrons. The van der Waals surface area contributed by atoms with Gasteiger partial charge in [-0.25, -0.2) is 0 Å². The highest BCUT2D eigenvalue weighted by Gasteiger charge is 2.40. The number of hydrogen-bond acceptors (Lipinski definition) is 2. The Morgan fingerprint density at radius 1 is 1.19 bits per heavy atom. The SMILES string of the molecule is Cc1ccc(CCn2c3c(c4cc(Cl)ccc42)CC2CCC3N2C)cn1. The Hall–Kier alpha value is -1.84. The third-order valence-electron chi connectivity index (χ3n) is 6.37. The van der Waals surface area contributed by atoms with E-state index in [1.165, 1.54) is 40.6 Å². The maximum atomic E-state index is 6.35. The molecule has 1 saturated heterocycles. The predicted molar refractivity (Wildman–Crippen MR) is 107 cm³/mol. The molecule has 3 aromatic rings. The van der Waals surface area contributed by atoms with Crippen LogP contribution in [0.4, 0.5) is 0 Å². The molecule has 2 unspecified atom stereocenters. The van der Waals surface area contributed by atoms with Gasteiger partial charge in [-0.1, -0.05) is 17.7 Å². The topological polar surface area (TPSA) is 21.1 Å². The first kappa shape index (κ1) is 16.3. The molecule has 2 atom stereocenters. The van der Waals surface area contributed by atoms with Gasteiger partial charge in [0.05, 0.1) is 6.04 Å². The number of fused-ring (bicyclic) bond motifs is 6. The van der Waals surface area contributed by atoms with Crippen LogP contribution in [-0.4, -0.2) is 27.5 Å². The predicted octanol–water partition coefficient (Wildman–Crippen LogP) is 4.93. The standard InChI is InChI=1S/C22H24ClN3/c1-14-3-4-15(13-24-14)9-10-26-20-7-5-16(23)11-18(20)19-12-17-6-8-21(22(19)26)25(17)2/h3-5,7,11,13,17,21H,6,8-10,12H2,1-2H3. The summed E-state index contributed by atoms with van der Waals surface area (Å²) in [4.78, 5) is 7.05. The summed E-state index contributed by atoms with van der Waals surface area (Å²) in [7, 11) is 2.30. The second-order valence-corrected chi connectivity index (χ2v) is 8.29. The fraction of sp³-hybridized carbons (Fsp3) is 0.409. The molecule has 4 heteroatoms. The molecule has 1 aromatic carbocycles. The van der Waals surface area contributed by atoms with E-state index >= 15 is 0 Å². The largest absolute Gasteiger partial charge is 0.342 e. The van der Waals surface area contributed by atoms with Crippen LogP contribution in [0.5, 0.6) is 0 Å². The molecular weight excluding hydrogens is 342 g/mol. The minimum absolute atomic E-state index is 0.547. The molecule has 2 aliphatic heterocycles. The molecule has 2 bridgehead atoms. The van der Waals surface area contributed by atoms with Gasteiger partial charge in [0, 0.05) is 46.1 Å². The molecule has 0 saturated carbocycles. The minimum Gasteiger partial charge on any atom is -0.342 e. The van der Waals surface area contributed by atoms with E-state index in [9.17, 15) is 0 Å². The lowest BCUT2D eigenvalue weighted by Crippen LogP contribution is -2.35. The second kappa shape index (κ2) is 6.11. The quantitative estimate of drug-likeness (QED) is 0.656. The van der Waals surface area contributed by atoms with Crippen molar-refractivity contribution >= 4 is 22.5 Å². The number of aromatic nitrogens is 2. The molecule has 4 heterocycles. The first-order chi connectivity index (χ1) is 12.6. The highest BCUT2D eigenvalue weighted by atomic mass is 35.5. The fourth-order valence-corrected chi connectivity index (χ4v) is 5.14. The number of pyridine rings is 1. The summed E-state index contributed by atoms with van der Waals surface area (Å²) in [6, 6.07) is 11.9. The fourth-order valence-electron chi connectivity index (χ4n) is 4.96.